The van der Waals surface area contributed by atoms with E-state index in [4.69, 9.17) is 11.6 Å². The standard InChI is InChI=1S/C26H36ClN3O4S/c1-8-22(25(32)28-26(4,5)6)29(16-20-11-9-10-12-21(20)27)24(31)17-30(35(7,33)34)23-14-13-18(2)15-19(23)3/h9-15,22H,8,16-17H2,1-7H3,(H,28,32). The molecule has 0 aliphatic heterocycles. The zero-order chi connectivity index (χ0) is 26.6. The molecule has 7 nitrogen and oxygen atoms in total. The fourth-order valence-corrected chi connectivity index (χ4v) is 4.97. The van der Waals surface area contributed by atoms with Crippen molar-refractivity contribution >= 4 is 39.1 Å². The molecule has 0 bridgehead atoms. The molecule has 1 atom stereocenters. The summed E-state index contributed by atoms with van der Waals surface area (Å²) in [6.45, 7) is 10.8. The van der Waals surface area contributed by atoms with Gasteiger partial charge in [-0.2, -0.15) is 0 Å². The smallest absolute Gasteiger partial charge is 0.244 e. The molecule has 1 unspecified atom stereocenters. The van der Waals surface area contributed by atoms with Gasteiger partial charge >= 0.3 is 0 Å². The van der Waals surface area contributed by atoms with Crippen LogP contribution in [0.25, 0.3) is 0 Å². The Morgan fingerprint density at radius 1 is 1.09 bits per heavy atom. The number of benzene rings is 2. The van der Waals surface area contributed by atoms with Crippen LogP contribution in [0.15, 0.2) is 42.5 Å². The van der Waals surface area contributed by atoms with Crippen LogP contribution in [-0.2, 0) is 26.2 Å². The van der Waals surface area contributed by atoms with Crippen molar-refractivity contribution < 1.29 is 18.0 Å². The van der Waals surface area contributed by atoms with Crippen molar-refractivity contribution in [2.75, 3.05) is 17.1 Å². The number of carbonyl (C=O) groups is 2. The normalized spacial score (nSPS) is 12.7. The van der Waals surface area contributed by atoms with Crippen LogP contribution in [0.4, 0.5) is 5.69 Å². The molecule has 0 saturated carbocycles. The third-order valence-electron chi connectivity index (χ3n) is 5.48. The molecule has 1 N–H and O–H groups in total. The minimum absolute atomic E-state index is 0.0685. The zero-order valence-corrected chi connectivity index (χ0v) is 23.1. The van der Waals surface area contributed by atoms with Gasteiger partial charge in [0.15, 0.2) is 0 Å². The number of hydrogen-bond acceptors (Lipinski definition) is 4. The third kappa shape index (κ3) is 7.97. The second-order valence-electron chi connectivity index (χ2n) is 9.84. The van der Waals surface area contributed by atoms with Gasteiger partial charge in [-0.1, -0.05) is 54.4 Å². The van der Waals surface area contributed by atoms with Gasteiger partial charge in [0.05, 0.1) is 11.9 Å². The van der Waals surface area contributed by atoms with Gasteiger partial charge in [-0.05, 0) is 64.3 Å². The van der Waals surface area contributed by atoms with Gasteiger partial charge in [0, 0.05) is 17.1 Å². The number of hydrogen-bond donors (Lipinski definition) is 1. The van der Waals surface area contributed by atoms with Crippen LogP contribution < -0.4 is 9.62 Å². The number of anilines is 1. The lowest BCUT2D eigenvalue weighted by Gasteiger charge is -2.35. The lowest BCUT2D eigenvalue weighted by molar-refractivity contribution is -0.141. The molecule has 35 heavy (non-hydrogen) atoms. The summed E-state index contributed by atoms with van der Waals surface area (Å²) in [6, 6.07) is 11.7. The fraction of sp³-hybridized carbons (Fsp3) is 0.462. The maximum atomic E-state index is 13.7. The van der Waals surface area contributed by atoms with E-state index in [0.717, 1.165) is 21.7 Å². The van der Waals surface area contributed by atoms with Gasteiger partial charge in [0.25, 0.3) is 0 Å². The van der Waals surface area contributed by atoms with Gasteiger partial charge in [0.1, 0.15) is 12.6 Å². The first kappa shape index (κ1) is 28.7. The molecule has 2 amide bonds. The summed E-state index contributed by atoms with van der Waals surface area (Å²) in [4.78, 5) is 28.3. The quantitative estimate of drug-likeness (QED) is 0.528. The first-order chi connectivity index (χ1) is 16.1. The van der Waals surface area contributed by atoms with E-state index < -0.39 is 34.1 Å². The zero-order valence-electron chi connectivity index (χ0n) is 21.6. The molecule has 0 radical (unpaired) electrons. The summed E-state index contributed by atoms with van der Waals surface area (Å²) >= 11 is 6.37. The Hall–Kier alpha value is -2.58. The van der Waals surface area contributed by atoms with E-state index in [0.29, 0.717) is 22.7 Å². The number of aryl methyl sites for hydroxylation is 2. The van der Waals surface area contributed by atoms with Crippen LogP contribution in [0.1, 0.15) is 50.8 Å². The van der Waals surface area contributed by atoms with E-state index in [9.17, 15) is 18.0 Å². The van der Waals surface area contributed by atoms with Crippen LogP contribution in [0, 0.1) is 13.8 Å². The molecule has 0 spiro atoms. The van der Waals surface area contributed by atoms with Crippen molar-refractivity contribution in [2.24, 2.45) is 0 Å². The number of sulfonamides is 1. The van der Waals surface area contributed by atoms with Crippen molar-refractivity contribution in [3.8, 4) is 0 Å². The minimum Gasteiger partial charge on any atom is -0.350 e. The van der Waals surface area contributed by atoms with Gasteiger partial charge in [-0.15, -0.1) is 0 Å². The Morgan fingerprint density at radius 2 is 1.71 bits per heavy atom. The molecule has 192 valence electrons. The highest BCUT2D eigenvalue weighted by Gasteiger charge is 2.33. The number of carbonyl (C=O) groups excluding carboxylic acids is 2. The maximum Gasteiger partial charge on any atom is 0.244 e. The van der Waals surface area contributed by atoms with Gasteiger partial charge in [-0.3, -0.25) is 13.9 Å². The van der Waals surface area contributed by atoms with Crippen LogP contribution >= 0.6 is 11.6 Å². The molecular weight excluding hydrogens is 486 g/mol. The molecule has 0 fully saturated rings. The van der Waals surface area contributed by atoms with E-state index in [1.165, 1.54) is 4.90 Å². The van der Waals surface area contributed by atoms with Gasteiger partial charge < -0.3 is 10.2 Å². The number of nitrogens with one attached hydrogen (secondary N) is 1. The lowest BCUT2D eigenvalue weighted by Crippen LogP contribution is -2.55. The highest BCUT2D eigenvalue weighted by Crippen LogP contribution is 2.25. The number of amides is 2. The lowest BCUT2D eigenvalue weighted by atomic mass is 10.1. The fourth-order valence-electron chi connectivity index (χ4n) is 3.86. The first-order valence-corrected chi connectivity index (χ1v) is 13.8. The van der Waals surface area contributed by atoms with Crippen LogP contribution in [-0.4, -0.2) is 49.5 Å². The Kier molecular flexibility index (Phi) is 9.36. The van der Waals surface area contributed by atoms with E-state index >= 15 is 0 Å². The topological polar surface area (TPSA) is 86.8 Å². The number of halogens is 1. The molecule has 0 aliphatic rings. The predicted octanol–water partition coefficient (Wildman–Crippen LogP) is 4.44. The first-order valence-electron chi connectivity index (χ1n) is 11.5. The maximum absolute atomic E-state index is 13.7. The third-order valence-corrected chi connectivity index (χ3v) is 6.98. The number of nitrogens with zero attached hydrogens (tertiary/aromatic N) is 2. The Bertz CT molecular complexity index is 1180. The predicted molar refractivity (Wildman–Crippen MR) is 142 cm³/mol. The van der Waals surface area contributed by atoms with Gasteiger partial charge in [-0.25, -0.2) is 8.42 Å². The molecule has 2 rings (SSSR count). The van der Waals surface area contributed by atoms with Crippen molar-refractivity contribution in [1.82, 2.24) is 10.2 Å². The van der Waals surface area contributed by atoms with Crippen molar-refractivity contribution in [1.29, 1.82) is 0 Å². The molecule has 0 saturated heterocycles. The van der Waals surface area contributed by atoms with Crippen molar-refractivity contribution in [3.05, 3.63) is 64.2 Å². The summed E-state index contributed by atoms with van der Waals surface area (Å²) in [5, 5.41) is 3.40. The van der Waals surface area contributed by atoms with Crippen LogP contribution in [0.3, 0.4) is 0 Å². The van der Waals surface area contributed by atoms with Crippen LogP contribution in [0.5, 0.6) is 0 Å². The SMILES string of the molecule is CCC(C(=O)NC(C)(C)C)N(Cc1ccccc1Cl)C(=O)CN(c1ccc(C)cc1C)S(C)(=O)=O. The Labute approximate surface area is 214 Å². The second-order valence-corrected chi connectivity index (χ2v) is 12.1. The molecule has 9 heteroatoms. The monoisotopic (exact) mass is 521 g/mol. The molecule has 0 aliphatic carbocycles. The Balaban J connectivity index is 2.51. The average molecular weight is 522 g/mol. The molecule has 2 aromatic rings. The van der Waals surface area contributed by atoms with Crippen LogP contribution in [0.2, 0.25) is 5.02 Å². The van der Waals surface area contributed by atoms with Gasteiger partial charge in [0.2, 0.25) is 21.8 Å². The molecule has 0 aromatic heterocycles. The summed E-state index contributed by atoms with van der Waals surface area (Å²) in [5.41, 5.74) is 2.31. The highest BCUT2D eigenvalue weighted by atomic mass is 35.5. The summed E-state index contributed by atoms with van der Waals surface area (Å²) in [7, 11) is -3.79. The second kappa shape index (κ2) is 11.4. The summed E-state index contributed by atoms with van der Waals surface area (Å²) in [6.07, 6.45) is 1.42. The molecule has 2 aromatic carbocycles. The van der Waals surface area contributed by atoms with Crippen molar-refractivity contribution in [3.63, 3.8) is 0 Å². The Morgan fingerprint density at radius 3 is 2.23 bits per heavy atom. The van der Waals surface area contributed by atoms with Crippen molar-refractivity contribution in [2.45, 2.75) is 66.1 Å². The largest absolute Gasteiger partial charge is 0.350 e. The van der Waals surface area contributed by atoms with E-state index in [-0.39, 0.29) is 12.5 Å². The van der Waals surface area contributed by atoms with E-state index in [1.807, 2.05) is 40.7 Å². The molecular formula is C26H36ClN3O4S. The van der Waals surface area contributed by atoms with E-state index in [2.05, 4.69) is 5.32 Å². The summed E-state index contributed by atoms with van der Waals surface area (Å²) in [5.74, 6) is -0.802. The average Bonchev–Trinajstić information content (AvgIpc) is 2.71. The summed E-state index contributed by atoms with van der Waals surface area (Å²) < 4.78 is 26.6. The highest BCUT2D eigenvalue weighted by molar-refractivity contribution is 7.92. The molecule has 0 heterocycles. The van der Waals surface area contributed by atoms with E-state index in [1.54, 1.807) is 43.3 Å². The number of rotatable bonds is 9. The minimum atomic E-state index is -3.79.